The van der Waals surface area contributed by atoms with Gasteiger partial charge in [0, 0.05) is 81.1 Å². The molecule has 0 aliphatic rings. The van der Waals surface area contributed by atoms with Crippen LogP contribution in [0, 0.1) is 0 Å². The molecule has 0 unspecified atom stereocenters. The third-order valence-electron chi connectivity index (χ3n) is 0. The van der Waals surface area contributed by atoms with E-state index in [1.165, 1.54) is 0 Å². The molecule has 7 heavy (non-hydrogen) atoms. The fourth-order valence-corrected chi connectivity index (χ4v) is 0. The third-order valence-corrected chi connectivity index (χ3v) is 0. The molecule has 52 valence electrons. The van der Waals surface area contributed by atoms with E-state index in [1.54, 1.807) is 0 Å². The summed E-state index contributed by atoms with van der Waals surface area (Å²) in [7, 11) is 0. The van der Waals surface area contributed by atoms with Gasteiger partial charge in [0.1, 0.15) is 0 Å². The van der Waals surface area contributed by atoms with Crippen molar-refractivity contribution in [3.05, 3.63) is 0 Å². The van der Waals surface area contributed by atoms with Gasteiger partial charge in [-0.15, -0.1) is 0 Å². The van der Waals surface area contributed by atoms with Crippen molar-refractivity contribution in [3.63, 3.8) is 0 Å². The Morgan fingerprint density at radius 1 is 0.714 bits per heavy atom. The second-order valence-corrected chi connectivity index (χ2v) is 0. The maximum absolute atomic E-state index is 0. The van der Waals surface area contributed by atoms with Gasteiger partial charge in [-0.3, -0.25) is 0 Å². The Hall–Kier alpha value is 2.48. The summed E-state index contributed by atoms with van der Waals surface area (Å²) in [5.74, 6) is 0. The van der Waals surface area contributed by atoms with E-state index in [-0.39, 0.29) is 97.5 Å². The van der Waals surface area contributed by atoms with Gasteiger partial charge in [0.15, 0.2) is 0 Å². The number of rotatable bonds is 0. The molecule has 0 aromatic rings. The van der Waals surface area contributed by atoms with Gasteiger partial charge in [0.25, 0.3) is 0 Å². The molecule has 0 rings (SSSR count). The van der Waals surface area contributed by atoms with Gasteiger partial charge in [0.05, 0.1) is 0 Å². The van der Waals surface area contributed by atoms with Crippen LogP contribution in [0.4, 0.5) is 0 Å². The molecule has 0 heterocycles. The summed E-state index contributed by atoms with van der Waals surface area (Å²) in [4.78, 5) is 0. The molecule has 0 aromatic carbocycles. The molecule has 0 spiro atoms. The van der Waals surface area contributed by atoms with Crippen molar-refractivity contribution >= 4 is 26.2 Å². The summed E-state index contributed by atoms with van der Waals surface area (Å²) in [5, 5.41) is 0. The number of hydrogen-bond acceptors (Lipinski definition) is 0. The first-order valence-corrected chi connectivity index (χ1v) is 0. The smallest absolute Gasteiger partial charge is 0 e. The Bertz CT molecular complexity index is 14.9. The summed E-state index contributed by atoms with van der Waals surface area (Å²) in [6.07, 6.45) is 0. The fourth-order valence-electron chi connectivity index (χ4n) is 0. The summed E-state index contributed by atoms with van der Waals surface area (Å²) in [6.45, 7) is 0. The molecule has 0 bridgehead atoms. The first-order chi connectivity index (χ1) is 0. The third kappa shape index (κ3) is 58.0. The number of hydrogen-bond donors (Lipinski definition) is 0. The SMILES string of the molecule is [Bi].[Co].[Fe].[Mo].[O-2].[O-2].[O-2]. The van der Waals surface area contributed by atoms with Crippen molar-refractivity contribution in [2.24, 2.45) is 0 Å². The van der Waals surface area contributed by atoms with E-state index in [2.05, 4.69) is 0 Å². The minimum Gasteiger partial charge on any atom is -2.00 e. The zero-order chi connectivity index (χ0) is 0. The first kappa shape index (κ1) is 111. The second kappa shape index (κ2) is 77.2. The van der Waals surface area contributed by atoms with Crippen LogP contribution < -0.4 is 0 Å². The van der Waals surface area contributed by atoms with Crippen LogP contribution in [0.25, 0.3) is 0 Å². The molecule has 0 N–H and O–H groups in total. The summed E-state index contributed by atoms with van der Waals surface area (Å²) >= 11 is 0. The van der Waals surface area contributed by atoms with E-state index < -0.39 is 0 Å². The zero-order valence-corrected chi connectivity index (χ0v) is 10.4. The first-order valence-electron chi connectivity index (χ1n) is 0. The Morgan fingerprint density at radius 3 is 0.714 bits per heavy atom. The van der Waals surface area contributed by atoms with Gasteiger partial charge >= 0.3 is 0 Å². The summed E-state index contributed by atoms with van der Waals surface area (Å²) in [6, 6.07) is 0. The normalized spacial score (nSPS) is 0. The van der Waals surface area contributed by atoms with E-state index in [1.807, 2.05) is 0 Å². The average Bonchev–Trinajstić information content (AvgIpc) is 0. The molecule has 0 fully saturated rings. The van der Waals surface area contributed by atoms with Gasteiger partial charge in [-0.1, -0.05) is 0 Å². The zero-order valence-electron chi connectivity index (χ0n) is 2.77. The quantitative estimate of drug-likeness (QED) is 0.420. The molecule has 0 aromatic heterocycles. The van der Waals surface area contributed by atoms with Crippen LogP contribution >= 0.6 is 0 Å². The van der Waals surface area contributed by atoms with Gasteiger partial charge in [-0.25, -0.2) is 0 Å². The molecule has 0 aliphatic carbocycles. The molecular formula is BiCoFeMoO3-6. The Morgan fingerprint density at radius 2 is 0.714 bits per heavy atom. The van der Waals surface area contributed by atoms with Crippen molar-refractivity contribution in [2.75, 3.05) is 0 Å². The molecule has 0 amide bonds. The predicted octanol–water partition coefficient (Wildman–Crippen LogP) is -0.745. The van der Waals surface area contributed by atoms with E-state index in [9.17, 15) is 0 Å². The van der Waals surface area contributed by atoms with Crippen LogP contribution in [0.3, 0.4) is 0 Å². The molecular weight excluding hydrogens is 468 g/mol. The molecule has 4 radical (unpaired) electrons. The summed E-state index contributed by atoms with van der Waals surface area (Å²) in [5.41, 5.74) is 0. The van der Waals surface area contributed by atoms with Crippen LogP contribution in [-0.2, 0) is 71.3 Å². The van der Waals surface area contributed by atoms with Crippen molar-refractivity contribution in [1.29, 1.82) is 0 Å². The molecule has 0 saturated carbocycles. The molecule has 0 aliphatic heterocycles. The van der Waals surface area contributed by atoms with Gasteiger partial charge in [-0.2, -0.15) is 0 Å². The maximum Gasteiger partial charge on any atom is 0 e. The monoisotopic (exact) mass is 470 g/mol. The topological polar surface area (TPSA) is 85.5 Å². The minimum atomic E-state index is 0. The molecule has 3 nitrogen and oxygen atoms in total. The van der Waals surface area contributed by atoms with E-state index in [0.717, 1.165) is 0 Å². The van der Waals surface area contributed by atoms with Crippen molar-refractivity contribution < 1.29 is 71.3 Å². The van der Waals surface area contributed by atoms with E-state index in [0.29, 0.717) is 0 Å². The average molecular weight is 468 g/mol. The fraction of sp³-hybridized carbons (Fsp3) is 0. The maximum atomic E-state index is 0. The van der Waals surface area contributed by atoms with Crippen LogP contribution in [0.2, 0.25) is 0 Å². The summed E-state index contributed by atoms with van der Waals surface area (Å²) < 4.78 is 0. The van der Waals surface area contributed by atoms with Gasteiger partial charge in [0.2, 0.25) is 0 Å². The molecule has 7 heteroatoms. The van der Waals surface area contributed by atoms with Gasteiger partial charge in [-0.05, 0) is 0 Å². The minimum absolute atomic E-state index is 0. The van der Waals surface area contributed by atoms with Crippen LogP contribution in [0.15, 0.2) is 0 Å². The van der Waals surface area contributed by atoms with E-state index in [4.69, 9.17) is 0 Å². The van der Waals surface area contributed by atoms with Crippen molar-refractivity contribution in [3.8, 4) is 0 Å². The van der Waals surface area contributed by atoms with Crippen LogP contribution in [0.1, 0.15) is 0 Å². The second-order valence-electron chi connectivity index (χ2n) is 0. The molecule has 0 atom stereocenters. The Kier molecular flexibility index (Phi) is 1220. The van der Waals surface area contributed by atoms with Crippen LogP contribution in [-0.4, -0.2) is 26.2 Å². The van der Waals surface area contributed by atoms with E-state index >= 15 is 0 Å². The predicted molar refractivity (Wildman–Crippen MR) is 7.81 cm³/mol. The van der Waals surface area contributed by atoms with Crippen molar-refractivity contribution in [2.45, 2.75) is 0 Å². The van der Waals surface area contributed by atoms with Crippen LogP contribution in [0.5, 0.6) is 0 Å². The standard InChI is InChI=1S/Bi.Co.Fe.Mo.3O/q;;;;3*-2. The van der Waals surface area contributed by atoms with Gasteiger partial charge < -0.3 is 16.4 Å². The molecule has 0 saturated heterocycles. The Balaban J connectivity index is 0. The van der Waals surface area contributed by atoms with Crippen molar-refractivity contribution in [1.82, 2.24) is 0 Å². The Labute approximate surface area is 96.4 Å². The largest absolute Gasteiger partial charge is 2.00 e.